The van der Waals surface area contributed by atoms with E-state index in [0.717, 1.165) is 11.0 Å². The maximum Gasteiger partial charge on any atom is 0.202 e. The van der Waals surface area contributed by atoms with E-state index in [2.05, 4.69) is 0 Å². The number of imidazole rings is 1. The lowest BCUT2D eigenvalue weighted by molar-refractivity contribution is 0.0922. The molecule has 25 heavy (non-hydrogen) atoms. The van der Waals surface area contributed by atoms with Gasteiger partial charge in [0.15, 0.2) is 0 Å². The smallest absolute Gasteiger partial charge is 0.202 e. The Morgan fingerprint density at radius 2 is 1.84 bits per heavy atom. The van der Waals surface area contributed by atoms with Crippen molar-refractivity contribution in [3.05, 3.63) is 58.1 Å². The van der Waals surface area contributed by atoms with Gasteiger partial charge in [-0.3, -0.25) is 5.41 Å². The summed E-state index contributed by atoms with van der Waals surface area (Å²) >= 11 is 11.9. The van der Waals surface area contributed by atoms with Gasteiger partial charge in [0.25, 0.3) is 0 Å². The summed E-state index contributed by atoms with van der Waals surface area (Å²) < 4.78 is 9.10. The van der Waals surface area contributed by atoms with Crippen molar-refractivity contribution in [2.75, 3.05) is 6.61 Å². The molecule has 0 fully saturated rings. The summed E-state index contributed by atoms with van der Waals surface area (Å²) in [4.78, 5) is 0. The Bertz CT molecular complexity index is 937. The first-order valence-electron chi connectivity index (χ1n) is 7.42. The first kappa shape index (κ1) is 19.7. The zero-order valence-corrected chi connectivity index (χ0v) is 15.8. The van der Waals surface area contributed by atoms with Gasteiger partial charge in [0.2, 0.25) is 5.62 Å². The van der Waals surface area contributed by atoms with Crippen molar-refractivity contribution in [2.24, 2.45) is 7.05 Å². The summed E-state index contributed by atoms with van der Waals surface area (Å²) in [6.45, 7) is 0.322. The minimum atomic E-state index is -0.781. The quantitative estimate of drug-likeness (QED) is 0.684. The molecular formula is C17H18Cl3N3O2. The molecule has 1 heterocycles. The minimum absolute atomic E-state index is 0. The van der Waals surface area contributed by atoms with Crippen molar-refractivity contribution in [3.8, 4) is 5.75 Å². The van der Waals surface area contributed by atoms with Crippen LogP contribution in [0.1, 0.15) is 0 Å². The predicted octanol–water partition coefficient (Wildman–Crippen LogP) is 3.63. The van der Waals surface area contributed by atoms with Crippen LogP contribution in [0, 0.1) is 5.41 Å². The van der Waals surface area contributed by atoms with Crippen molar-refractivity contribution in [1.82, 2.24) is 9.13 Å². The highest BCUT2D eigenvalue weighted by Crippen LogP contribution is 2.27. The lowest BCUT2D eigenvalue weighted by atomic mass is 10.3. The second kappa shape index (κ2) is 8.15. The number of aliphatic hydroxyl groups is 1. The normalized spacial score (nSPS) is 12.0. The van der Waals surface area contributed by atoms with E-state index in [9.17, 15) is 5.11 Å². The van der Waals surface area contributed by atoms with Crippen molar-refractivity contribution < 1.29 is 9.84 Å². The first-order valence-corrected chi connectivity index (χ1v) is 8.17. The number of nitrogens with one attached hydrogen (secondary N) is 1. The molecule has 134 valence electrons. The Kier molecular flexibility index (Phi) is 6.41. The van der Waals surface area contributed by atoms with Crippen LogP contribution >= 0.6 is 35.6 Å². The number of hydrogen-bond acceptors (Lipinski definition) is 3. The van der Waals surface area contributed by atoms with E-state index in [4.69, 9.17) is 33.3 Å². The summed E-state index contributed by atoms with van der Waals surface area (Å²) in [5.74, 6) is 0.467. The molecule has 1 atom stereocenters. The highest BCUT2D eigenvalue weighted by atomic mass is 35.5. The molecule has 1 unspecified atom stereocenters. The SMILES string of the molecule is Cl.Cn1c(=N)n(CC(O)COc2ccc(Cl)cc2Cl)c2ccccc21. The van der Waals surface area contributed by atoms with E-state index >= 15 is 0 Å². The monoisotopic (exact) mass is 401 g/mol. The molecule has 2 aromatic carbocycles. The number of aryl methyl sites for hydroxylation is 1. The fraction of sp³-hybridized carbons (Fsp3) is 0.235. The molecule has 2 N–H and O–H groups in total. The van der Waals surface area contributed by atoms with E-state index in [1.54, 1.807) is 27.3 Å². The summed E-state index contributed by atoms with van der Waals surface area (Å²) in [5, 5.41) is 19.4. The van der Waals surface area contributed by atoms with Crippen molar-refractivity contribution >= 4 is 46.6 Å². The second-order valence-corrected chi connectivity index (χ2v) is 6.37. The zero-order valence-electron chi connectivity index (χ0n) is 13.4. The summed E-state index contributed by atoms with van der Waals surface area (Å²) in [7, 11) is 1.83. The number of nitrogens with zero attached hydrogens (tertiary/aromatic N) is 2. The summed E-state index contributed by atoms with van der Waals surface area (Å²) in [6.07, 6.45) is -0.781. The molecule has 3 rings (SSSR count). The minimum Gasteiger partial charge on any atom is -0.489 e. The predicted molar refractivity (Wildman–Crippen MR) is 102 cm³/mol. The average Bonchev–Trinajstić information content (AvgIpc) is 2.79. The molecule has 8 heteroatoms. The lowest BCUT2D eigenvalue weighted by Gasteiger charge is -2.14. The Hall–Kier alpha value is -1.66. The van der Waals surface area contributed by atoms with Crippen LogP contribution in [0.3, 0.4) is 0 Å². The lowest BCUT2D eigenvalue weighted by Crippen LogP contribution is -2.30. The highest BCUT2D eigenvalue weighted by Gasteiger charge is 2.13. The Balaban J connectivity index is 0.00000225. The standard InChI is InChI=1S/C17H17Cl2N3O2.ClH/c1-21-14-4-2-3-5-15(14)22(17(21)20)9-12(23)10-24-16-7-6-11(18)8-13(16)19;/h2-8,12,20,23H,9-10H2,1H3;1H. The van der Waals surface area contributed by atoms with Gasteiger partial charge < -0.3 is 19.0 Å². The molecule has 0 amide bonds. The van der Waals surface area contributed by atoms with Crippen molar-refractivity contribution in [1.29, 1.82) is 5.41 Å². The number of benzene rings is 2. The molecular weight excluding hydrogens is 385 g/mol. The van der Waals surface area contributed by atoms with Gasteiger partial charge in [-0.1, -0.05) is 35.3 Å². The van der Waals surface area contributed by atoms with Crippen LogP contribution in [0.15, 0.2) is 42.5 Å². The van der Waals surface area contributed by atoms with Crippen molar-refractivity contribution in [2.45, 2.75) is 12.6 Å². The molecule has 5 nitrogen and oxygen atoms in total. The number of aromatic nitrogens is 2. The van der Waals surface area contributed by atoms with Crippen LogP contribution in [-0.2, 0) is 13.6 Å². The van der Waals surface area contributed by atoms with Crippen LogP contribution in [0.4, 0.5) is 0 Å². The molecule has 3 aromatic rings. The van der Waals surface area contributed by atoms with E-state index in [1.807, 2.05) is 31.3 Å². The highest BCUT2D eigenvalue weighted by molar-refractivity contribution is 6.35. The maximum absolute atomic E-state index is 10.3. The number of rotatable bonds is 5. The molecule has 0 aliphatic rings. The number of ether oxygens (including phenoxy) is 1. The second-order valence-electron chi connectivity index (χ2n) is 5.52. The van der Waals surface area contributed by atoms with Gasteiger partial charge in [0.1, 0.15) is 18.5 Å². The Morgan fingerprint density at radius 3 is 2.52 bits per heavy atom. The van der Waals surface area contributed by atoms with Crippen LogP contribution in [0.25, 0.3) is 11.0 Å². The van der Waals surface area contributed by atoms with Crippen LogP contribution < -0.4 is 10.4 Å². The van der Waals surface area contributed by atoms with Crippen molar-refractivity contribution in [3.63, 3.8) is 0 Å². The largest absolute Gasteiger partial charge is 0.489 e. The van der Waals surface area contributed by atoms with Gasteiger partial charge in [-0.05, 0) is 30.3 Å². The third-order valence-electron chi connectivity index (χ3n) is 3.83. The van der Waals surface area contributed by atoms with Gasteiger partial charge in [-0.2, -0.15) is 0 Å². The molecule has 0 bridgehead atoms. The third kappa shape index (κ3) is 4.12. The van der Waals surface area contributed by atoms with E-state index in [-0.39, 0.29) is 25.6 Å². The van der Waals surface area contributed by atoms with Crippen LogP contribution in [0.2, 0.25) is 10.0 Å². The average molecular weight is 403 g/mol. The number of hydrogen-bond donors (Lipinski definition) is 2. The summed E-state index contributed by atoms with van der Waals surface area (Å²) in [6, 6.07) is 12.6. The van der Waals surface area contributed by atoms with Gasteiger partial charge in [0.05, 0.1) is 22.6 Å². The molecule has 0 spiro atoms. The topological polar surface area (TPSA) is 63.2 Å². The summed E-state index contributed by atoms with van der Waals surface area (Å²) in [5.41, 5.74) is 2.16. The molecule has 0 radical (unpaired) electrons. The Morgan fingerprint density at radius 1 is 1.16 bits per heavy atom. The number of halogens is 3. The molecule has 0 saturated carbocycles. The fourth-order valence-electron chi connectivity index (χ4n) is 2.61. The molecule has 1 aromatic heterocycles. The third-order valence-corrected chi connectivity index (χ3v) is 4.36. The van der Waals surface area contributed by atoms with E-state index < -0.39 is 6.10 Å². The van der Waals surface area contributed by atoms with Crippen LogP contribution in [0.5, 0.6) is 5.75 Å². The van der Waals surface area contributed by atoms with Gasteiger partial charge in [-0.25, -0.2) is 0 Å². The molecule has 0 aliphatic carbocycles. The molecule has 0 saturated heterocycles. The van der Waals surface area contributed by atoms with Gasteiger partial charge >= 0.3 is 0 Å². The van der Waals surface area contributed by atoms with E-state index in [0.29, 0.717) is 21.4 Å². The number of para-hydroxylation sites is 2. The molecule has 0 aliphatic heterocycles. The Labute approximate surface area is 161 Å². The van der Waals surface area contributed by atoms with Gasteiger partial charge in [0, 0.05) is 12.1 Å². The van der Waals surface area contributed by atoms with E-state index in [1.165, 1.54) is 0 Å². The fourth-order valence-corrected chi connectivity index (χ4v) is 3.07. The number of aliphatic hydroxyl groups excluding tert-OH is 1. The van der Waals surface area contributed by atoms with Gasteiger partial charge in [-0.15, -0.1) is 12.4 Å². The maximum atomic E-state index is 10.3. The number of fused-ring (bicyclic) bond motifs is 1. The first-order chi connectivity index (χ1) is 11.5. The zero-order chi connectivity index (χ0) is 17.3. The van der Waals surface area contributed by atoms with Crippen LogP contribution in [-0.4, -0.2) is 27.0 Å².